The van der Waals surface area contributed by atoms with Crippen LogP contribution in [0.2, 0.25) is 5.02 Å². The van der Waals surface area contributed by atoms with Crippen LogP contribution in [0.4, 0.5) is 11.4 Å². The normalized spacial score (nSPS) is 23.7. The second kappa shape index (κ2) is 5.88. The van der Waals surface area contributed by atoms with Crippen molar-refractivity contribution in [1.29, 1.82) is 0 Å². The second-order valence-corrected chi connectivity index (χ2v) is 7.33. The quantitative estimate of drug-likeness (QED) is 0.428. The number of nitro groups is 1. The fourth-order valence-corrected chi connectivity index (χ4v) is 4.47. The van der Waals surface area contributed by atoms with Crippen molar-refractivity contribution in [3.63, 3.8) is 0 Å². The first kappa shape index (κ1) is 16.2. The predicted octanol–water partition coefficient (Wildman–Crippen LogP) is 5.69. The van der Waals surface area contributed by atoms with Crippen LogP contribution < -0.4 is 5.32 Å². The molecule has 0 aromatic heterocycles. The van der Waals surface area contributed by atoms with E-state index in [1.54, 1.807) is 12.1 Å². The molecule has 1 aliphatic carbocycles. The smallest absolute Gasteiger partial charge is 0.269 e. The largest absolute Gasteiger partial charge is 0.377 e. The number of hydrogen-bond acceptors (Lipinski definition) is 3. The Morgan fingerprint density at radius 1 is 1.20 bits per heavy atom. The third-order valence-corrected chi connectivity index (χ3v) is 5.82. The number of allylic oxidation sites excluding steroid dienone is 2. The van der Waals surface area contributed by atoms with E-state index in [-0.39, 0.29) is 16.7 Å². The highest BCUT2D eigenvalue weighted by molar-refractivity contribution is 6.31. The number of rotatable bonds is 2. The Morgan fingerprint density at radius 2 is 1.96 bits per heavy atom. The molecule has 0 radical (unpaired) electrons. The molecule has 0 saturated heterocycles. The molecule has 0 amide bonds. The molecule has 128 valence electrons. The van der Waals surface area contributed by atoms with Gasteiger partial charge in [0.25, 0.3) is 5.69 Å². The average Bonchev–Trinajstić information content (AvgIpc) is 3.07. The summed E-state index contributed by atoms with van der Waals surface area (Å²) in [4.78, 5) is 10.8. The summed E-state index contributed by atoms with van der Waals surface area (Å²) >= 11 is 6.44. The molecule has 1 N–H and O–H groups in total. The molecule has 4 rings (SSSR count). The molecule has 2 aromatic rings. The molecule has 4 nitrogen and oxygen atoms in total. The molecule has 25 heavy (non-hydrogen) atoms. The summed E-state index contributed by atoms with van der Waals surface area (Å²) in [6.07, 6.45) is 5.43. The van der Waals surface area contributed by atoms with Crippen molar-refractivity contribution in [3.8, 4) is 0 Å². The molecule has 0 saturated carbocycles. The summed E-state index contributed by atoms with van der Waals surface area (Å²) in [5.41, 5.74) is 5.83. The zero-order valence-electron chi connectivity index (χ0n) is 14.1. The van der Waals surface area contributed by atoms with Crippen molar-refractivity contribution in [3.05, 3.63) is 79.9 Å². The van der Waals surface area contributed by atoms with E-state index in [1.165, 1.54) is 22.8 Å². The highest BCUT2D eigenvalue weighted by Gasteiger charge is 2.40. The van der Waals surface area contributed by atoms with Crippen molar-refractivity contribution in [2.24, 2.45) is 5.92 Å². The monoisotopic (exact) mass is 354 g/mol. The van der Waals surface area contributed by atoms with Gasteiger partial charge in [-0.15, -0.1) is 0 Å². The van der Waals surface area contributed by atoms with E-state index >= 15 is 0 Å². The van der Waals surface area contributed by atoms with Gasteiger partial charge < -0.3 is 5.32 Å². The lowest BCUT2D eigenvalue weighted by Gasteiger charge is -2.39. The van der Waals surface area contributed by atoms with Crippen LogP contribution in [0.1, 0.15) is 40.6 Å². The van der Waals surface area contributed by atoms with Crippen molar-refractivity contribution >= 4 is 23.0 Å². The molecule has 5 heteroatoms. The maximum Gasteiger partial charge on any atom is 0.269 e. The number of hydrogen-bond donors (Lipinski definition) is 1. The number of nitrogens with zero attached hydrogens (tertiary/aromatic N) is 1. The number of anilines is 1. The molecule has 0 bridgehead atoms. The van der Waals surface area contributed by atoms with E-state index in [1.807, 2.05) is 0 Å². The van der Waals surface area contributed by atoms with E-state index in [0.717, 1.165) is 17.7 Å². The van der Waals surface area contributed by atoms with Crippen LogP contribution in [-0.4, -0.2) is 4.92 Å². The lowest BCUT2D eigenvalue weighted by atomic mass is 9.75. The van der Waals surface area contributed by atoms with Crippen molar-refractivity contribution in [2.75, 3.05) is 5.32 Å². The molecular formula is C20H19ClN2O2. The van der Waals surface area contributed by atoms with E-state index < -0.39 is 0 Å². The summed E-state index contributed by atoms with van der Waals surface area (Å²) in [6.45, 7) is 4.24. The third kappa shape index (κ3) is 2.52. The maximum absolute atomic E-state index is 11.2. The fourth-order valence-electron chi connectivity index (χ4n) is 4.23. The van der Waals surface area contributed by atoms with Gasteiger partial charge in [-0.1, -0.05) is 35.9 Å². The van der Waals surface area contributed by atoms with Gasteiger partial charge in [0.2, 0.25) is 0 Å². The summed E-state index contributed by atoms with van der Waals surface area (Å²) < 4.78 is 0. The maximum atomic E-state index is 11.2. The van der Waals surface area contributed by atoms with Crippen LogP contribution in [0.15, 0.2) is 42.5 Å². The third-order valence-electron chi connectivity index (χ3n) is 5.47. The minimum atomic E-state index is -0.365. The fraction of sp³-hybridized carbons (Fsp3) is 0.300. The van der Waals surface area contributed by atoms with E-state index in [2.05, 4.69) is 43.4 Å². The number of aryl methyl sites for hydroxylation is 2. The van der Waals surface area contributed by atoms with Crippen LogP contribution in [0.5, 0.6) is 0 Å². The van der Waals surface area contributed by atoms with Gasteiger partial charge in [0, 0.05) is 34.3 Å². The highest BCUT2D eigenvalue weighted by atomic mass is 35.5. The SMILES string of the molecule is Cc1ccc(C)c2c1N[C@@H](c1cc([N+](=O)[O-])ccc1Cl)[C@H]1CC=C[C@@H]21. The lowest BCUT2D eigenvalue weighted by molar-refractivity contribution is -0.384. The Bertz CT molecular complexity index is 907. The Morgan fingerprint density at radius 3 is 2.72 bits per heavy atom. The molecule has 1 heterocycles. The average molecular weight is 355 g/mol. The summed E-state index contributed by atoms with van der Waals surface area (Å²) in [7, 11) is 0. The molecule has 3 atom stereocenters. The summed E-state index contributed by atoms with van der Waals surface area (Å²) in [5.74, 6) is 0.629. The van der Waals surface area contributed by atoms with Crippen LogP contribution in [0.25, 0.3) is 0 Å². The van der Waals surface area contributed by atoms with E-state index in [9.17, 15) is 10.1 Å². The topological polar surface area (TPSA) is 55.2 Å². The number of fused-ring (bicyclic) bond motifs is 3. The first-order valence-corrected chi connectivity index (χ1v) is 8.82. The Hall–Kier alpha value is -2.33. The van der Waals surface area contributed by atoms with Gasteiger partial charge in [-0.2, -0.15) is 0 Å². The number of benzene rings is 2. The molecule has 2 aliphatic rings. The van der Waals surface area contributed by atoms with E-state index in [4.69, 9.17) is 11.6 Å². The Kier molecular flexibility index (Phi) is 3.80. The van der Waals surface area contributed by atoms with Crippen molar-refractivity contribution in [1.82, 2.24) is 0 Å². The number of nitro benzene ring substituents is 1. The first-order valence-electron chi connectivity index (χ1n) is 8.44. The van der Waals surface area contributed by atoms with Gasteiger partial charge in [0.1, 0.15) is 0 Å². The molecular weight excluding hydrogens is 336 g/mol. The second-order valence-electron chi connectivity index (χ2n) is 6.93. The lowest BCUT2D eigenvalue weighted by Crippen LogP contribution is -2.30. The number of non-ortho nitro benzene ring substituents is 1. The minimum absolute atomic E-state index is 0.0413. The minimum Gasteiger partial charge on any atom is -0.377 e. The number of nitrogens with one attached hydrogen (secondary N) is 1. The van der Waals surface area contributed by atoms with Crippen LogP contribution in [-0.2, 0) is 0 Å². The van der Waals surface area contributed by atoms with Crippen molar-refractivity contribution < 1.29 is 4.92 Å². The zero-order valence-corrected chi connectivity index (χ0v) is 14.9. The van der Waals surface area contributed by atoms with Crippen LogP contribution >= 0.6 is 11.6 Å². The summed E-state index contributed by atoms with van der Waals surface area (Å²) in [5, 5.41) is 15.4. The van der Waals surface area contributed by atoms with Gasteiger partial charge in [0.15, 0.2) is 0 Å². The van der Waals surface area contributed by atoms with E-state index in [0.29, 0.717) is 16.9 Å². The zero-order chi connectivity index (χ0) is 17.7. The predicted molar refractivity (Wildman–Crippen MR) is 100 cm³/mol. The molecule has 0 spiro atoms. The van der Waals surface area contributed by atoms with Gasteiger partial charge in [-0.05, 0) is 48.9 Å². The summed E-state index contributed by atoms with van der Waals surface area (Å²) in [6, 6.07) is 8.95. The molecule has 1 aliphatic heterocycles. The van der Waals surface area contributed by atoms with Gasteiger partial charge in [0.05, 0.1) is 11.0 Å². The van der Waals surface area contributed by atoms with Gasteiger partial charge in [-0.25, -0.2) is 0 Å². The van der Waals surface area contributed by atoms with Crippen LogP contribution in [0.3, 0.4) is 0 Å². The van der Waals surface area contributed by atoms with Gasteiger partial charge >= 0.3 is 0 Å². The number of halogens is 1. The first-order chi connectivity index (χ1) is 12.0. The van der Waals surface area contributed by atoms with Crippen LogP contribution in [0, 0.1) is 29.9 Å². The Labute approximate surface area is 151 Å². The molecule has 0 fully saturated rings. The Balaban J connectivity index is 1.87. The standard InChI is InChI=1S/C20H19ClN2O2/c1-11-6-7-12(2)19-18(11)14-4-3-5-15(14)20(22-19)16-10-13(23(24)25)8-9-17(16)21/h3-4,6-10,14-15,20,22H,5H2,1-2H3/t14-,15+,20-/m1/s1. The van der Waals surface area contributed by atoms with Gasteiger partial charge in [-0.3, -0.25) is 10.1 Å². The highest BCUT2D eigenvalue weighted by Crippen LogP contribution is 2.52. The molecule has 0 unspecified atom stereocenters. The van der Waals surface area contributed by atoms with Crippen molar-refractivity contribution in [2.45, 2.75) is 32.2 Å². The molecule has 2 aromatic carbocycles.